The van der Waals surface area contributed by atoms with Gasteiger partial charge in [0.25, 0.3) is 10.2 Å². The van der Waals surface area contributed by atoms with Gasteiger partial charge in [0.15, 0.2) is 0 Å². The van der Waals surface area contributed by atoms with Crippen molar-refractivity contribution in [1.82, 2.24) is 8.61 Å². The van der Waals surface area contributed by atoms with Gasteiger partial charge in [-0.15, -0.1) is 0 Å². The van der Waals surface area contributed by atoms with Crippen LogP contribution in [0.3, 0.4) is 0 Å². The van der Waals surface area contributed by atoms with Crippen molar-refractivity contribution in [2.45, 2.75) is 25.4 Å². The fourth-order valence-corrected chi connectivity index (χ4v) is 5.04. The molecule has 0 amide bonds. The van der Waals surface area contributed by atoms with Crippen molar-refractivity contribution in [1.29, 1.82) is 0 Å². The highest BCUT2D eigenvalue weighted by Crippen LogP contribution is 2.37. The average molecular weight is 419 g/mol. The van der Waals surface area contributed by atoms with Gasteiger partial charge in [0.1, 0.15) is 17.5 Å². The summed E-state index contributed by atoms with van der Waals surface area (Å²) in [5.74, 6) is -1.91. The lowest BCUT2D eigenvalue weighted by Gasteiger charge is -2.29. The second-order valence-electron chi connectivity index (χ2n) is 6.40. The van der Waals surface area contributed by atoms with E-state index < -0.39 is 33.7 Å². The SMILES string of the molecule is CN(Cc1c(F)cccc1Cl)S(=O)(=O)N1CCCC1c1cc(F)ccc1F. The van der Waals surface area contributed by atoms with E-state index in [0.29, 0.717) is 12.8 Å². The van der Waals surface area contributed by atoms with Crippen molar-refractivity contribution in [3.05, 3.63) is 70.0 Å². The van der Waals surface area contributed by atoms with Gasteiger partial charge in [-0.05, 0) is 43.2 Å². The van der Waals surface area contributed by atoms with Gasteiger partial charge in [-0.2, -0.15) is 17.0 Å². The van der Waals surface area contributed by atoms with Crippen molar-refractivity contribution in [3.8, 4) is 0 Å². The molecule has 27 heavy (non-hydrogen) atoms. The summed E-state index contributed by atoms with van der Waals surface area (Å²) in [6, 6.07) is 6.27. The van der Waals surface area contributed by atoms with Gasteiger partial charge in [0, 0.05) is 36.3 Å². The van der Waals surface area contributed by atoms with Crippen molar-refractivity contribution in [2.24, 2.45) is 0 Å². The van der Waals surface area contributed by atoms with E-state index in [2.05, 4.69) is 0 Å². The molecule has 0 aromatic heterocycles. The fraction of sp³-hybridized carbons (Fsp3) is 0.333. The van der Waals surface area contributed by atoms with E-state index in [9.17, 15) is 21.6 Å². The van der Waals surface area contributed by atoms with Crippen LogP contribution < -0.4 is 0 Å². The van der Waals surface area contributed by atoms with Gasteiger partial charge in [0.2, 0.25) is 0 Å². The Morgan fingerprint density at radius 1 is 1.19 bits per heavy atom. The van der Waals surface area contributed by atoms with Crippen molar-refractivity contribution >= 4 is 21.8 Å². The topological polar surface area (TPSA) is 40.6 Å². The van der Waals surface area contributed by atoms with E-state index in [1.807, 2.05) is 0 Å². The molecule has 0 N–H and O–H groups in total. The molecule has 1 aliphatic rings. The van der Waals surface area contributed by atoms with Gasteiger partial charge in [-0.25, -0.2) is 13.2 Å². The van der Waals surface area contributed by atoms with Gasteiger partial charge in [-0.3, -0.25) is 0 Å². The summed E-state index contributed by atoms with van der Waals surface area (Å²) in [5, 5.41) is 0.117. The predicted molar refractivity (Wildman–Crippen MR) is 96.8 cm³/mol. The maximum atomic E-state index is 14.2. The largest absolute Gasteiger partial charge is 0.282 e. The van der Waals surface area contributed by atoms with Crippen LogP contribution in [0, 0.1) is 17.5 Å². The van der Waals surface area contributed by atoms with E-state index in [-0.39, 0.29) is 29.2 Å². The number of nitrogens with zero attached hydrogens (tertiary/aromatic N) is 2. The third-order valence-electron chi connectivity index (χ3n) is 4.65. The lowest BCUT2D eigenvalue weighted by atomic mass is 10.0. The molecule has 1 heterocycles. The molecule has 0 radical (unpaired) electrons. The highest BCUT2D eigenvalue weighted by molar-refractivity contribution is 7.86. The highest BCUT2D eigenvalue weighted by atomic mass is 35.5. The zero-order chi connectivity index (χ0) is 19.8. The molecule has 3 rings (SSSR count). The molecule has 1 fully saturated rings. The van der Waals surface area contributed by atoms with Crippen molar-refractivity contribution in [2.75, 3.05) is 13.6 Å². The van der Waals surface area contributed by atoms with Crippen molar-refractivity contribution < 1.29 is 21.6 Å². The van der Waals surface area contributed by atoms with Crippen LogP contribution in [0.4, 0.5) is 13.2 Å². The van der Waals surface area contributed by atoms with Crippen molar-refractivity contribution in [3.63, 3.8) is 0 Å². The second kappa shape index (κ2) is 7.79. The lowest BCUT2D eigenvalue weighted by Crippen LogP contribution is -2.41. The van der Waals surface area contributed by atoms with Crippen LogP contribution >= 0.6 is 11.6 Å². The quantitative estimate of drug-likeness (QED) is 0.727. The van der Waals surface area contributed by atoms with Crippen LogP contribution in [0.5, 0.6) is 0 Å². The third kappa shape index (κ3) is 3.99. The Balaban J connectivity index is 1.90. The minimum Gasteiger partial charge on any atom is -0.207 e. The lowest BCUT2D eigenvalue weighted by molar-refractivity contribution is 0.337. The van der Waals surface area contributed by atoms with E-state index >= 15 is 0 Å². The Morgan fingerprint density at radius 3 is 2.63 bits per heavy atom. The summed E-state index contributed by atoms with van der Waals surface area (Å²) in [5.41, 5.74) is 0.0475. The Kier molecular flexibility index (Phi) is 5.81. The minimum absolute atomic E-state index is 0.00611. The molecule has 1 atom stereocenters. The maximum absolute atomic E-state index is 14.2. The van der Waals surface area contributed by atoms with Gasteiger partial charge < -0.3 is 0 Å². The first-order valence-corrected chi connectivity index (χ1v) is 10.1. The summed E-state index contributed by atoms with van der Waals surface area (Å²) in [6.07, 6.45) is 0.877. The zero-order valence-electron chi connectivity index (χ0n) is 14.5. The molecule has 0 bridgehead atoms. The monoisotopic (exact) mass is 418 g/mol. The van der Waals surface area contributed by atoms with Crippen LogP contribution in [0.25, 0.3) is 0 Å². The van der Waals surface area contributed by atoms with Crippen LogP contribution in [-0.2, 0) is 16.8 Å². The molecular formula is C18H18ClF3N2O2S. The number of hydrogen-bond donors (Lipinski definition) is 0. The summed E-state index contributed by atoms with van der Waals surface area (Å²) >= 11 is 5.98. The third-order valence-corrected chi connectivity index (χ3v) is 6.95. The van der Waals surface area contributed by atoms with Gasteiger partial charge >= 0.3 is 0 Å². The summed E-state index contributed by atoms with van der Waals surface area (Å²) in [6.45, 7) is -0.110. The van der Waals surface area contributed by atoms with E-state index in [1.165, 1.54) is 25.2 Å². The fourth-order valence-electron chi connectivity index (χ4n) is 3.26. The normalized spacial score (nSPS) is 18.4. The van der Waals surface area contributed by atoms with Gasteiger partial charge in [-0.1, -0.05) is 17.7 Å². The first kappa shape index (κ1) is 20.1. The van der Waals surface area contributed by atoms with Crippen LogP contribution in [0.1, 0.15) is 30.0 Å². The molecule has 2 aromatic rings. The molecule has 2 aromatic carbocycles. The summed E-state index contributed by atoms with van der Waals surface area (Å²) < 4.78 is 69.8. The molecule has 0 saturated carbocycles. The first-order valence-electron chi connectivity index (χ1n) is 8.32. The number of benzene rings is 2. The summed E-state index contributed by atoms with van der Waals surface area (Å²) in [7, 11) is -2.74. The molecular weight excluding hydrogens is 401 g/mol. The Bertz CT molecular complexity index is 935. The Labute approximate surface area is 161 Å². The molecule has 146 valence electrons. The molecule has 4 nitrogen and oxygen atoms in total. The number of hydrogen-bond acceptors (Lipinski definition) is 2. The first-order chi connectivity index (χ1) is 12.7. The smallest absolute Gasteiger partial charge is 0.207 e. The Morgan fingerprint density at radius 2 is 1.93 bits per heavy atom. The van der Waals surface area contributed by atoms with Crippen LogP contribution in [0.2, 0.25) is 5.02 Å². The molecule has 9 heteroatoms. The van der Waals surface area contributed by atoms with E-state index in [1.54, 1.807) is 0 Å². The van der Waals surface area contributed by atoms with Crippen LogP contribution in [0.15, 0.2) is 36.4 Å². The molecule has 1 aliphatic heterocycles. The Hall–Kier alpha value is -1.61. The van der Waals surface area contributed by atoms with E-state index in [0.717, 1.165) is 26.8 Å². The standard InChI is InChI=1S/C18H18ClF3N2O2S/c1-23(11-14-15(19)4-2-5-16(14)21)27(25,26)24-9-3-6-18(24)13-10-12(20)7-8-17(13)22/h2,4-5,7-8,10,18H,3,6,9,11H2,1H3. The second-order valence-corrected chi connectivity index (χ2v) is 8.79. The van der Waals surface area contributed by atoms with Gasteiger partial charge in [0.05, 0.1) is 6.04 Å². The predicted octanol–water partition coefficient (Wildman–Crippen LogP) is 4.27. The maximum Gasteiger partial charge on any atom is 0.282 e. The molecule has 0 aliphatic carbocycles. The molecule has 1 unspecified atom stereocenters. The minimum atomic E-state index is -4.05. The molecule has 0 spiro atoms. The number of rotatable bonds is 5. The summed E-state index contributed by atoms with van der Waals surface area (Å²) in [4.78, 5) is 0. The molecule has 1 saturated heterocycles. The highest BCUT2D eigenvalue weighted by Gasteiger charge is 2.39. The van der Waals surface area contributed by atoms with E-state index in [4.69, 9.17) is 11.6 Å². The average Bonchev–Trinajstić information content (AvgIpc) is 3.10. The number of halogens is 4. The zero-order valence-corrected chi connectivity index (χ0v) is 16.1. The van der Waals surface area contributed by atoms with Crippen LogP contribution in [-0.4, -0.2) is 30.6 Å².